The highest BCUT2D eigenvalue weighted by Crippen LogP contribution is 2.36. The molecule has 0 N–H and O–H groups in total. The van der Waals surface area contributed by atoms with Gasteiger partial charge in [-0.3, -0.25) is 0 Å². The van der Waals surface area contributed by atoms with Gasteiger partial charge in [-0.15, -0.1) is 0 Å². The van der Waals surface area contributed by atoms with Crippen LogP contribution in [-0.2, 0) is 13.9 Å². The zero-order valence-electron chi connectivity index (χ0n) is 15.1. The molecule has 3 nitrogen and oxygen atoms in total. The van der Waals surface area contributed by atoms with Gasteiger partial charge in [0.2, 0.25) is 0 Å². The van der Waals surface area contributed by atoms with E-state index < -0.39 is 8.32 Å². The third kappa shape index (κ3) is 4.89. The van der Waals surface area contributed by atoms with Gasteiger partial charge in [0.25, 0.3) is 0 Å². The summed E-state index contributed by atoms with van der Waals surface area (Å²) in [5.74, 6) is 0. The van der Waals surface area contributed by atoms with Gasteiger partial charge in [-0.25, -0.2) is 0 Å². The maximum Gasteiger partial charge on any atom is 0.192 e. The second-order valence-electron chi connectivity index (χ2n) is 6.38. The highest BCUT2D eigenvalue weighted by Gasteiger charge is 2.37. The summed E-state index contributed by atoms with van der Waals surface area (Å²) in [4.78, 5) is 0. The van der Waals surface area contributed by atoms with Crippen LogP contribution in [0.4, 0.5) is 0 Å². The molecule has 1 aromatic carbocycles. The molecule has 2 rings (SSSR count). The fourth-order valence-corrected chi connectivity index (χ4v) is 6.37. The first kappa shape index (κ1) is 18.7. The molecular formula is C19H32O3Si. The zero-order valence-corrected chi connectivity index (χ0v) is 16.1. The van der Waals surface area contributed by atoms with Crippen LogP contribution in [0.15, 0.2) is 30.3 Å². The van der Waals surface area contributed by atoms with Gasteiger partial charge in [-0.1, -0.05) is 51.1 Å². The lowest BCUT2D eigenvalue weighted by Gasteiger charge is -2.40. The van der Waals surface area contributed by atoms with Crippen molar-refractivity contribution in [1.29, 1.82) is 0 Å². The molecule has 0 spiro atoms. The Kier molecular flexibility index (Phi) is 7.28. The minimum absolute atomic E-state index is 0.0729. The van der Waals surface area contributed by atoms with E-state index in [-0.39, 0.29) is 18.5 Å². The lowest BCUT2D eigenvalue weighted by molar-refractivity contribution is -0.213. The summed E-state index contributed by atoms with van der Waals surface area (Å²) in [6, 6.07) is 14.0. The fraction of sp³-hybridized carbons (Fsp3) is 0.684. The van der Waals surface area contributed by atoms with E-state index in [1.165, 1.54) is 23.7 Å². The lowest BCUT2D eigenvalue weighted by atomic mass is 9.99. The Morgan fingerprint density at radius 2 is 1.65 bits per heavy atom. The lowest BCUT2D eigenvalue weighted by Crippen LogP contribution is -2.44. The molecule has 0 unspecified atom stereocenters. The quantitative estimate of drug-likeness (QED) is 0.604. The zero-order chi connectivity index (χ0) is 16.7. The minimum atomic E-state index is -1.60. The fourth-order valence-electron chi connectivity index (χ4n) is 3.47. The molecule has 0 aliphatic carbocycles. The van der Waals surface area contributed by atoms with Crippen molar-refractivity contribution in [2.75, 3.05) is 6.61 Å². The van der Waals surface area contributed by atoms with Gasteiger partial charge in [-0.05, 0) is 30.6 Å². The minimum Gasteiger partial charge on any atom is -0.414 e. The van der Waals surface area contributed by atoms with E-state index in [0.29, 0.717) is 6.61 Å². The topological polar surface area (TPSA) is 27.7 Å². The SMILES string of the molecule is CCO[C@H]1C[C@H](O[Si](CC)(CC)CC)C[C@@H](c2ccccc2)O1. The summed E-state index contributed by atoms with van der Waals surface area (Å²) in [7, 11) is -1.60. The summed E-state index contributed by atoms with van der Waals surface area (Å²) in [5, 5.41) is 0. The van der Waals surface area contributed by atoms with E-state index in [1.54, 1.807) is 0 Å². The standard InChI is InChI=1S/C19H32O3Si/c1-5-20-19-15-17(22-23(6-2,7-3)8-4)14-18(21-19)16-12-10-9-11-13-16/h9-13,17-19H,5-8,14-15H2,1-4H3/t17-,18+,19-/m1/s1. The molecule has 1 saturated heterocycles. The smallest absolute Gasteiger partial charge is 0.192 e. The molecule has 1 fully saturated rings. The van der Waals surface area contributed by atoms with Crippen molar-refractivity contribution in [3.8, 4) is 0 Å². The number of hydrogen-bond acceptors (Lipinski definition) is 3. The number of hydrogen-bond donors (Lipinski definition) is 0. The van der Waals surface area contributed by atoms with E-state index in [9.17, 15) is 0 Å². The van der Waals surface area contributed by atoms with Crippen LogP contribution in [-0.4, -0.2) is 27.3 Å². The van der Waals surface area contributed by atoms with Crippen molar-refractivity contribution < 1.29 is 13.9 Å². The van der Waals surface area contributed by atoms with Gasteiger partial charge in [0.1, 0.15) is 0 Å². The molecule has 1 aliphatic heterocycles. The second-order valence-corrected chi connectivity index (χ2v) is 11.1. The first-order chi connectivity index (χ1) is 11.2. The Morgan fingerprint density at radius 3 is 2.22 bits per heavy atom. The van der Waals surface area contributed by atoms with E-state index in [2.05, 4.69) is 45.0 Å². The Hall–Kier alpha value is -0.683. The van der Waals surface area contributed by atoms with E-state index in [4.69, 9.17) is 13.9 Å². The maximum absolute atomic E-state index is 6.73. The molecule has 0 bridgehead atoms. The summed E-state index contributed by atoms with van der Waals surface area (Å²) < 4.78 is 18.7. The second kappa shape index (κ2) is 8.97. The molecule has 1 aromatic rings. The van der Waals surface area contributed by atoms with Crippen LogP contribution < -0.4 is 0 Å². The average molecular weight is 337 g/mol. The van der Waals surface area contributed by atoms with Crippen molar-refractivity contribution in [3.63, 3.8) is 0 Å². The highest BCUT2D eigenvalue weighted by atomic mass is 28.4. The monoisotopic (exact) mass is 336 g/mol. The molecule has 0 saturated carbocycles. The summed E-state index contributed by atoms with van der Waals surface area (Å²) in [6.45, 7) is 9.55. The first-order valence-electron chi connectivity index (χ1n) is 9.16. The van der Waals surface area contributed by atoms with Gasteiger partial charge in [0.15, 0.2) is 14.6 Å². The van der Waals surface area contributed by atoms with Crippen LogP contribution in [0.3, 0.4) is 0 Å². The maximum atomic E-state index is 6.73. The van der Waals surface area contributed by atoms with Crippen molar-refractivity contribution in [2.24, 2.45) is 0 Å². The molecule has 23 heavy (non-hydrogen) atoms. The van der Waals surface area contributed by atoms with Gasteiger partial charge < -0.3 is 13.9 Å². The van der Waals surface area contributed by atoms with E-state index >= 15 is 0 Å². The van der Waals surface area contributed by atoms with Gasteiger partial charge in [0, 0.05) is 19.4 Å². The highest BCUT2D eigenvalue weighted by molar-refractivity contribution is 6.73. The molecule has 130 valence electrons. The van der Waals surface area contributed by atoms with Crippen LogP contribution in [0.5, 0.6) is 0 Å². The van der Waals surface area contributed by atoms with Crippen molar-refractivity contribution in [3.05, 3.63) is 35.9 Å². The first-order valence-corrected chi connectivity index (χ1v) is 11.7. The molecule has 1 aliphatic rings. The summed E-state index contributed by atoms with van der Waals surface area (Å²) >= 11 is 0. The third-order valence-electron chi connectivity index (χ3n) is 5.12. The van der Waals surface area contributed by atoms with Crippen LogP contribution in [0.25, 0.3) is 0 Å². The summed E-state index contributed by atoms with van der Waals surface area (Å²) in [5.41, 5.74) is 1.22. The van der Waals surface area contributed by atoms with E-state index in [0.717, 1.165) is 12.8 Å². The average Bonchev–Trinajstić information content (AvgIpc) is 2.61. The van der Waals surface area contributed by atoms with Crippen LogP contribution in [0, 0.1) is 0 Å². The third-order valence-corrected chi connectivity index (χ3v) is 9.82. The van der Waals surface area contributed by atoms with Gasteiger partial charge in [-0.2, -0.15) is 0 Å². The van der Waals surface area contributed by atoms with Crippen LogP contribution in [0.2, 0.25) is 18.1 Å². The normalized spacial score (nSPS) is 25.5. The van der Waals surface area contributed by atoms with Gasteiger partial charge >= 0.3 is 0 Å². The number of ether oxygens (including phenoxy) is 2. The predicted octanol–water partition coefficient (Wildman–Crippen LogP) is 5.29. The number of benzene rings is 1. The van der Waals surface area contributed by atoms with Crippen molar-refractivity contribution >= 4 is 8.32 Å². The van der Waals surface area contributed by atoms with Crippen molar-refractivity contribution in [2.45, 2.75) is 77.2 Å². The number of rotatable bonds is 8. The molecule has 3 atom stereocenters. The van der Waals surface area contributed by atoms with Crippen LogP contribution >= 0.6 is 0 Å². The molecule has 0 radical (unpaired) electrons. The van der Waals surface area contributed by atoms with Crippen molar-refractivity contribution in [1.82, 2.24) is 0 Å². The molecule has 1 heterocycles. The van der Waals surface area contributed by atoms with E-state index in [1.807, 2.05) is 13.0 Å². The largest absolute Gasteiger partial charge is 0.414 e. The molecule has 0 amide bonds. The Labute approximate surface area is 142 Å². The Morgan fingerprint density at radius 1 is 1.00 bits per heavy atom. The molecule has 0 aromatic heterocycles. The molecular weight excluding hydrogens is 304 g/mol. The van der Waals surface area contributed by atoms with Crippen LogP contribution in [0.1, 0.15) is 52.2 Å². The predicted molar refractivity (Wildman–Crippen MR) is 97.0 cm³/mol. The Balaban J connectivity index is 2.12. The molecule has 4 heteroatoms. The summed E-state index contributed by atoms with van der Waals surface area (Å²) in [6.07, 6.45) is 1.95. The van der Waals surface area contributed by atoms with Gasteiger partial charge in [0.05, 0.1) is 12.2 Å². The Bertz CT molecular complexity index is 439.